The number of guanidine groups is 1. The van der Waals surface area contributed by atoms with Gasteiger partial charge in [0.1, 0.15) is 5.82 Å². The first-order valence-electron chi connectivity index (χ1n) is 11.5. The fraction of sp³-hybridized carbons (Fsp3) is 0.240. The topological polar surface area (TPSA) is 81.6 Å². The third-order valence-electron chi connectivity index (χ3n) is 5.77. The Bertz CT molecular complexity index is 1410. The highest BCUT2D eigenvalue weighted by molar-refractivity contribution is 7.80. The smallest absolute Gasteiger partial charge is 0.229 e. The van der Waals surface area contributed by atoms with Gasteiger partial charge in [-0.05, 0) is 67.9 Å². The fourth-order valence-electron chi connectivity index (χ4n) is 4.09. The van der Waals surface area contributed by atoms with E-state index in [1.807, 2.05) is 44.2 Å². The Hall–Kier alpha value is -3.34. The Morgan fingerprint density at radius 2 is 1.67 bits per heavy atom. The highest BCUT2D eigenvalue weighted by atomic mass is 35.5. The molecule has 1 saturated heterocycles. The first-order chi connectivity index (χ1) is 17.5. The van der Waals surface area contributed by atoms with Crippen LogP contribution in [0.4, 0.5) is 17.5 Å². The Balaban J connectivity index is 1.36. The number of benzene rings is 2. The zero-order valence-corrected chi connectivity index (χ0v) is 22.3. The van der Waals surface area contributed by atoms with E-state index in [9.17, 15) is 0 Å². The molecule has 11 heteroatoms. The van der Waals surface area contributed by atoms with Crippen LogP contribution in [0.2, 0.25) is 5.02 Å². The van der Waals surface area contributed by atoms with E-state index in [1.54, 1.807) is 6.07 Å². The molecule has 184 valence electrons. The molecule has 0 spiro atoms. The number of fused-ring (bicyclic) bond motifs is 1. The van der Waals surface area contributed by atoms with Crippen molar-refractivity contribution < 1.29 is 0 Å². The summed E-state index contributed by atoms with van der Waals surface area (Å²) in [6, 6.07) is 17.7. The molecule has 0 aliphatic carbocycles. The molecule has 4 aromatic rings. The van der Waals surface area contributed by atoms with E-state index < -0.39 is 0 Å². The van der Waals surface area contributed by atoms with E-state index in [1.165, 1.54) is 21.6 Å². The average Bonchev–Trinajstić information content (AvgIpc) is 3.29. The molecule has 0 saturated carbocycles. The Morgan fingerprint density at radius 3 is 2.42 bits per heavy atom. The lowest BCUT2D eigenvalue weighted by Crippen LogP contribution is -2.51. The number of aryl methyl sites for hydroxylation is 2. The summed E-state index contributed by atoms with van der Waals surface area (Å²) in [5.74, 6) is 2.11. The maximum atomic E-state index is 6.30. The van der Waals surface area contributed by atoms with Crippen LogP contribution in [0.15, 0.2) is 59.6 Å². The maximum absolute atomic E-state index is 6.30. The molecule has 2 aromatic carbocycles. The Labute approximate surface area is 224 Å². The fourth-order valence-corrected chi connectivity index (χ4v) is 5.27. The minimum atomic E-state index is 0.294. The van der Waals surface area contributed by atoms with E-state index in [4.69, 9.17) is 33.2 Å². The normalized spacial score (nSPS) is 14.2. The largest absolute Gasteiger partial charge is 0.352 e. The van der Waals surface area contributed by atoms with Crippen molar-refractivity contribution in [3.8, 4) is 0 Å². The van der Waals surface area contributed by atoms with Crippen LogP contribution in [0.3, 0.4) is 0 Å². The van der Waals surface area contributed by atoms with Crippen molar-refractivity contribution in [1.29, 1.82) is 0 Å². The van der Waals surface area contributed by atoms with Crippen LogP contribution >= 0.6 is 35.4 Å². The third-order valence-corrected chi connectivity index (χ3v) is 7.11. The molecule has 1 aliphatic heterocycles. The number of hydrogen-bond donors (Lipinski definition) is 2. The molecule has 2 N–H and O–H groups in total. The molecule has 3 heterocycles. The van der Waals surface area contributed by atoms with Crippen LogP contribution in [0.1, 0.15) is 11.4 Å². The lowest BCUT2D eigenvalue weighted by molar-refractivity contribution is 0.384. The number of thiocarbonyl (C=S) groups is 1. The van der Waals surface area contributed by atoms with Gasteiger partial charge in [0.15, 0.2) is 0 Å². The van der Waals surface area contributed by atoms with Crippen LogP contribution in [-0.4, -0.2) is 56.5 Å². The molecule has 5 rings (SSSR count). The van der Waals surface area contributed by atoms with Crippen molar-refractivity contribution in [3.63, 3.8) is 0 Å². The van der Waals surface area contributed by atoms with E-state index >= 15 is 0 Å². The van der Waals surface area contributed by atoms with Gasteiger partial charge in [0.2, 0.25) is 17.0 Å². The summed E-state index contributed by atoms with van der Waals surface area (Å²) in [5.41, 5.74) is 2.46. The SMILES string of the molecule is Cc1cc(C)nc(N/C(=N/C(=S)Nc2ccccc2Cl)N2CCN(c3nsc4ccccc34)CC2)n1. The second-order valence-corrected chi connectivity index (χ2v) is 10.0. The quantitative estimate of drug-likeness (QED) is 0.206. The van der Waals surface area contributed by atoms with Crippen LogP contribution in [0, 0.1) is 13.8 Å². The number of aliphatic imine (C=N–C) groups is 1. The van der Waals surface area contributed by atoms with Gasteiger partial charge < -0.3 is 15.1 Å². The first kappa shape index (κ1) is 24.4. The van der Waals surface area contributed by atoms with E-state index in [0.717, 1.165) is 43.4 Å². The second kappa shape index (κ2) is 10.7. The van der Waals surface area contributed by atoms with Gasteiger partial charge in [-0.25, -0.2) is 9.97 Å². The van der Waals surface area contributed by atoms with E-state index in [2.05, 4.69) is 48.6 Å². The molecule has 2 aromatic heterocycles. The summed E-state index contributed by atoms with van der Waals surface area (Å²) in [5, 5.41) is 8.49. The second-order valence-electron chi connectivity index (χ2n) is 8.42. The van der Waals surface area contributed by atoms with Gasteiger partial charge in [-0.2, -0.15) is 9.37 Å². The zero-order valence-electron chi connectivity index (χ0n) is 19.9. The molecular formula is C25H25ClN8S2. The highest BCUT2D eigenvalue weighted by Crippen LogP contribution is 2.30. The Morgan fingerprint density at radius 1 is 0.972 bits per heavy atom. The summed E-state index contributed by atoms with van der Waals surface area (Å²) in [7, 11) is 0. The summed E-state index contributed by atoms with van der Waals surface area (Å²) in [6.45, 7) is 6.95. The number of hydrogen-bond acceptors (Lipinski definition) is 6. The predicted molar refractivity (Wildman–Crippen MR) is 154 cm³/mol. The summed E-state index contributed by atoms with van der Waals surface area (Å²) in [6.07, 6.45) is 0. The zero-order chi connectivity index (χ0) is 25.1. The van der Waals surface area contributed by atoms with Crippen molar-refractivity contribution >= 4 is 74.0 Å². The molecule has 0 bridgehead atoms. The predicted octanol–water partition coefficient (Wildman–Crippen LogP) is 5.34. The van der Waals surface area contributed by atoms with Crippen molar-refractivity contribution in [1.82, 2.24) is 19.2 Å². The molecular weight excluding hydrogens is 512 g/mol. The Kier molecular flexibility index (Phi) is 7.26. The standard InChI is InChI=1S/C25H25ClN8S2/c1-16-15-17(2)28-23(27-16)30-24(31-25(35)29-20-9-5-4-8-19(20)26)34-13-11-33(12-14-34)22-18-7-3-6-10-21(18)36-32-22/h3-10,15H,11-14H2,1-2H3,(H2,27,28,29,30,31,35). The highest BCUT2D eigenvalue weighted by Gasteiger charge is 2.24. The molecule has 0 amide bonds. The van der Waals surface area contributed by atoms with Gasteiger partial charge in [0, 0.05) is 43.0 Å². The number of aromatic nitrogens is 3. The van der Waals surface area contributed by atoms with E-state index in [0.29, 0.717) is 27.7 Å². The number of para-hydroxylation sites is 1. The molecule has 0 radical (unpaired) electrons. The minimum absolute atomic E-state index is 0.294. The molecule has 1 aliphatic rings. The molecule has 0 atom stereocenters. The number of nitrogens with zero attached hydrogens (tertiary/aromatic N) is 6. The molecule has 0 unspecified atom stereocenters. The first-order valence-corrected chi connectivity index (χ1v) is 13.1. The van der Waals surface area contributed by atoms with Crippen LogP contribution in [0.5, 0.6) is 0 Å². The van der Waals surface area contributed by atoms with Crippen LogP contribution in [0.25, 0.3) is 10.1 Å². The van der Waals surface area contributed by atoms with Crippen LogP contribution < -0.4 is 15.5 Å². The lowest BCUT2D eigenvalue weighted by Gasteiger charge is -2.36. The van der Waals surface area contributed by atoms with Gasteiger partial charge >= 0.3 is 0 Å². The number of nitrogens with one attached hydrogen (secondary N) is 2. The third kappa shape index (κ3) is 5.56. The van der Waals surface area contributed by atoms with Crippen molar-refractivity contribution in [2.24, 2.45) is 4.99 Å². The van der Waals surface area contributed by atoms with Crippen molar-refractivity contribution in [2.75, 3.05) is 41.7 Å². The maximum Gasteiger partial charge on any atom is 0.229 e. The summed E-state index contributed by atoms with van der Waals surface area (Å²) >= 11 is 13.4. The van der Waals surface area contributed by atoms with E-state index in [-0.39, 0.29) is 0 Å². The van der Waals surface area contributed by atoms with Crippen molar-refractivity contribution in [3.05, 3.63) is 71.0 Å². The minimum Gasteiger partial charge on any atom is -0.352 e. The number of halogens is 1. The van der Waals surface area contributed by atoms with Gasteiger partial charge in [0.05, 0.1) is 15.4 Å². The van der Waals surface area contributed by atoms with Gasteiger partial charge in [-0.3, -0.25) is 5.32 Å². The average molecular weight is 537 g/mol. The number of rotatable bonds is 3. The monoisotopic (exact) mass is 536 g/mol. The number of piperazine rings is 1. The molecule has 8 nitrogen and oxygen atoms in total. The van der Waals surface area contributed by atoms with Gasteiger partial charge in [-0.1, -0.05) is 35.9 Å². The summed E-state index contributed by atoms with van der Waals surface area (Å²) < 4.78 is 5.92. The number of anilines is 3. The van der Waals surface area contributed by atoms with Gasteiger partial charge in [0.25, 0.3) is 0 Å². The molecule has 36 heavy (non-hydrogen) atoms. The lowest BCUT2D eigenvalue weighted by atomic mass is 10.2. The summed E-state index contributed by atoms with van der Waals surface area (Å²) in [4.78, 5) is 18.2. The van der Waals surface area contributed by atoms with Crippen molar-refractivity contribution in [2.45, 2.75) is 13.8 Å². The molecule has 1 fully saturated rings. The van der Waals surface area contributed by atoms with Gasteiger partial charge in [-0.15, -0.1) is 0 Å². The van der Waals surface area contributed by atoms with Crippen LogP contribution in [-0.2, 0) is 0 Å².